The number of aryl methyl sites for hydroxylation is 1. The number of thioether (sulfide) groups is 1. The van der Waals surface area contributed by atoms with E-state index in [1.807, 2.05) is 20.0 Å². The monoisotopic (exact) mass is 394 g/mol. The number of anilines is 1. The van der Waals surface area contributed by atoms with Gasteiger partial charge in [-0.2, -0.15) is 0 Å². The van der Waals surface area contributed by atoms with Crippen molar-refractivity contribution in [2.45, 2.75) is 24.3 Å². The molecule has 0 aliphatic heterocycles. The number of benzene rings is 1. The summed E-state index contributed by atoms with van der Waals surface area (Å²) >= 11 is 7.00. The minimum absolute atomic E-state index is 0.0449. The number of aromatic nitrogens is 3. The molecule has 0 aliphatic carbocycles. The molecule has 6 nitrogen and oxygen atoms in total. The van der Waals surface area contributed by atoms with Crippen molar-refractivity contribution >= 4 is 35.0 Å². The highest BCUT2D eigenvalue weighted by Crippen LogP contribution is 2.28. The van der Waals surface area contributed by atoms with Gasteiger partial charge in [0, 0.05) is 12.7 Å². The Labute approximate surface area is 158 Å². The van der Waals surface area contributed by atoms with Crippen molar-refractivity contribution < 1.29 is 13.6 Å². The summed E-state index contributed by atoms with van der Waals surface area (Å²) in [5, 5.41) is 11.1. The Bertz CT molecular complexity index is 956. The van der Waals surface area contributed by atoms with Gasteiger partial charge in [-0.15, -0.1) is 10.2 Å². The maximum Gasteiger partial charge on any atom is 0.237 e. The van der Waals surface area contributed by atoms with Gasteiger partial charge in [-0.05, 0) is 38.1 Å². The van der Waals surface area contributed by atoms with Crippen molar-refractivity contribution in [3.63, 3.8) is 0 Å². The van der Waals surface area contributed by atoms with Crippen LogP contribution in [0.3, 0.4) is 0 Å². The van der Waals surface area contributed by atoms with Crippen LogP contribution in [0.25, 0.3) is 11.4 Å². The van der Waals surface area contributed by atoms with E-state index in [4.69, 9.17) is 16.0 Å². The van der Waals surface area contributed by atoms with Gasteiger partial charge in [0.2, 0.25) is 5.91 Å². The lowest BCUT2D eigenvalue weighted by Gasteiger charge is -2.12. The number of furan rings is 1. The number of halogens is 2. The van der Waals surface area contributed by atoms with Crippen LogP contribution in [0, 0.1) is 12.7 Å². The molecular weight excluding hydrogens is 379 g/mol. The molecule has 26 heavy (non-hydrogen) atoms. The first kappa shape index (κ1) is 18.5. The molecule has 0 saturated carbocycles. The predicted octanol–water partition coefficient (Wildman–Crippen LogP) is 4.30. The van der Waals surface area contributed by atoms with Crippen LogP contribution in [0.2, 0.25) is 5.02 Å². The van der Waals surface area contributed by atoms with E-state index >= 15 is 0 Å². The van der Waals surface area contributed by atoms with Gasteiger partial charge in [0.15, 0.2) is 11.0 Å². The summed E-state index contributed by atoms with van der Waals surface area (Å²) in [6, 6.07) is 5.85. The molecule has 0 bridgehead atoms. The second-order valence-electron chi connectivity index (χ2n) is 5.63. The molecule has 0 aliphatic rings. The molecule has 1 N–H and O–H groups in total. The minimum Gasteiger partial charge on any atom is -0.469 e. The van der Waals surface area contributed by atoms with E-state index in [-0.39, 0.29) is 10.9 Å². The van der Waals surface area contributed by atoms with E-state index in [0.717, 1.165) is 11.3 Å². The van der Waals surface area contributed by atoms with Crippen molar-refractivity contribution in [2.75, 3.05) is 5.32 Å². The number of carbonyl (C=O) groups excluding carboxylic acids is 1. The molecule has 2 heterocycles. The average molecular weight is 395 g/mol. The SMILES string of the molecule is Cc1occc1-c1nnc(S[C@H](C)C(=O)Nc2ccc(F)c(Cl)c2)n1C. The lowest BCUT2D eigenvalue weighted by Crippen LogP contribution is -2.22. The van der Waals surface area contributed by atoms with E-state index in [2.05, 4.69) is 15.5 Å². The van der Waals surface area contributed by atoms with Crippen LogP contribution in [0.1, 0.15) is 12.7 Å². The molecule has 9 heteroatoms. The van der Waals surface area contributed by atoms with Crippen molar-refractivity contribution in [1.29, 1.82) is 0 Å². The molecule has 3 rings (SSSR count). The number of hydrogen-bond donors (Lipinski definition) is 1. The normalized spacial score (nSPS) is 12.2. The van der Waals surface area contributed by atoms with Crippen LogP contribution in [-0.2, 0) is 11.8 Å². The lowest BCUT2D eigenvalue weighted by molar-refractivity contribution is -0.115. The van der Waals surface area contributed by atoms with Gasteiger partial charge in [-0.25, -0.2) is 4.39 Å². The van der Waals surface area contributed by atoms with Crippen LogP contribution in [-0.4, -0.2) is 25.9 Å². The highest BCUT2D eigenvalue weighted by Gasteiger charge is 2.21. The Morgan fingerprint density at radius 1 is 1.38 bits per heavy atom. The zero-order chi connectivity index (χ0) is 18.8. The van der Waals surface area contributed by atoms with Gasteiger partial charge >= 0.3 is 0 Å². The Balaban J connectivity index is 1.70. The molecule has 0 fully saturated rings. The van der Waals surface area contributed by atoms with Crippen molar-refractivity contribution in [1.82, 2.24) is 14.8 Å². The molecule has 1 amide bonds. The number of nitrogens with zero attached hydrogens (tertiary/aromatic N) is 3. The van der Waals surface area contributed by atoms with Crippen molar-refractivity contribution in [3.8, 4) is 11.4 Å². The molecule has 0 unspecified atom stereocenters. The minimum atomic E-state index is -0.534. The largest absolute Gasteiger partial charge is 0.469 e. The summed E-state index contributed by atoms with van der Waals surface area (Å²) < 4.78 is 20.3. The number of nitrogens with one attached hydrogen (secondary N) is 1. The van der Waals surface area contributed by atoms with Gasteiger partial charge in [-0.1, -0.05) is 23.4 Å². The average Bonchev–Trinajstić information content (AvgIpc) is 3.17. The highest BCUT2D eigenvalue weighted by molar-refractivity contribution is 8.00. The molecule has 0 saturated heterocycles. The summed E-state index contributed by atoms with van der Waals surface area (Å²) in [5.74, 6) is 0.627. The lowest BCUT2D eigenvalue weighted by atomic mass is 10.2. The number of rotatable bonds is 5. The maximum atomic E-state index is 13.2. The molecule has 2 aromatic heterocycles. The van der Waals surface area contributed by atoms with Crippen molar-refractivity contribution in [3.05, 3.63) is 47.1 Å². The first-order valence-corrected chi connectivity index (χ1v) is 8.99. The van der Waals surface area contributed by atoms with E-state index in [0.29, 0.717) is 16.7 Å². The summed E-state index contributed by atoms with van der Waals surface area (Å²) in [7, 11) is 1.83. The molecule has 0 radical (unpaired) electrons. The van der Waals surface area contributed by atoms with Crippen LogP contribution in [0.5, 0.6) is 0 Å². The number of carbonyl (C=O) groups is 1. The topological polar surface area (TPSA) is 72.9 Å². The first-order valence-electron chi connectivity index (χ1n) is 7.73. The fourth-order valence-corrected chi connectivity index (χ4v) is 3.29. The Kier molecular flexibility index (Phi) is 5.33. The van der Waals surface area contributed by atoms with Crippen molar-refractivity contribution in [2.24, 2.45) is 7.05 Å². The molecule has 3 aromatic rings. The third kappa shape index (κ3) is 3.76. The number of amides is 1. The molecule has 0 spiro atoms. The number of hydrogen-bond acceptors (Lipinski definition) is 5. The quantitative estimate of drug-likeness (QED) is 0.653. The van der Waals surface area contributed by atoms with E-state index in [1.54, 1.807) is 17.8 Å². The van der Waals surface area contributed by atoms with Gasteiger partial charge in [0.05, 0.1) is 22.1 Å². The van der Waals surface area contributed by atoms with Crippen LogP contribution >= 0.6 is 23.4 Å². The Morgan fingerprint density at radius 3 is 2.81 bits per heavy atom. The Morgan fingerprint density at radius 2 is 2.15 bits per heavy atom. The second kappa shape index (κ2) is 7.51. The van der Waals surface area contributed by atoms with E-state index in [1.165, 1.54) is 30.0 Å². The zero-order valence-corrected chi connectivity index (χ0v) is 15.9. The third-order valence-corrected chi connectivity index (χ3v) is 5.20. The predicted molar refractivity (Wildman–Crippen MR) is 98.8 cm³/mol. The Hall–Kier alpha value is -2.32. The standard InChI is InChI=1S/C17H16ClFN4O2S/c1-9-12(6-7-25-9)15-21-22-17(23(15)3)26-10(2)16(24)20-11-4-5-14(19)13(18)8-11/h4-8,10H,1-3H3,(H,20,24)/t10-/m1/s1. The molecule has 1 aromatic carbocycles. The third-order valence-electron chi connectivity index (χ3n) is 3.77. The van der Waals surface area contributed by atoms with Crippen LogP contribution < -0.4 is 5.32 Å². The molecule has 136 valence electrons. The van der Waals surface area contributed by atoms with E-state index < -0.39 is 11.1 Å². The zero-order valence-electron chi connectivity index (χ0n) is 14.3. The van der Waals surface area contributed by atoms with Gasteiger partial charge in [0.1, 0.15) is 11.6 Å². The van der Waals surface area contributed by atoms with Crippen LogP contribution in [0.15, 0.2) is 40.1 Å². The summed E-state index contributed by atoms with van der Waals surface area (Å²) in [5.41, 5.74) is 1.28. The molecular formula is C17H16ClFN4O2S. The van der Waals surface area contributed by atoms with Gasteiger partial charge in [-0.3, -0.25) is 4.79 Å². The summed E-state index contributed by atoms with van der Waals surface area (Å²) in [6.07, 6.45) is 1.59. The second-order valence-corrected chi connectivity index (χ2v) is 7.35. The van der Waals surface area contributed by atoms with Gasteiger partial charge in [0.25, 0.3) is 0 Å². The van der Waals surface area contributed by atoms with Crippen LogP contribution in [0.4, 0.5) is 10.1 Å². The molecule has 1 atom stereocenters. The smallest absolute Gasteiger partial charge is 0.237 e. The maximum absolute atomic E-state index is 13.2. The van der Waals surface area contributed by atoms with E-state index in [9.17, 15) is 9.18 Å². The fourth-order valence-electron chi connectivity index (χ4n) is 2.30. The highest BCUT2D eigenvalue weighted by atomic mass is 35.5. The fraction of sp³-hybridized carbons (Fsp3) is 0.235. The summed E-state index contributed by atoms with van der Waals surface area (Å²) in [4.78, 5) is 12.4. The summed E-state index contributed by atoms with van der Waals surface area (Å²) in [6.45, 7) is 3.60. The first-order chi connectivity index (χ1) is 12.4. The van der Waals surface area contributed by atoms with Gasteiger partial charge < -0.3 is 14.3 Å².